The summed E-state index contributed by atoms with van der Waals surface area (Å²) in [5, 5.41) is 17.8. The molecule has 0 spiro atoms. The molecule has 3 heterocycles. The highest BCUT2D eigenvalue weighted by atomic mass is 16.5. The van der Waals surface area contributed by atoms with Gasteiger partial charge in [-0.2, -0.15) is 5.26 Å². The average Bonchev–Trinajstić information content (AvgIpc) is 3.56. The summed E-state index contributed by atoms with van der Waals surface area (Å²) in [4.78, 5) is 14.2. The van der Waals surface area contributed by atoms with Crippen molar-refractivity contribution < 1.29 is 4.74 Å². The van der Waals surface area contributed by atoms with E-state index in [2.05, 4.69) is 54.6 Å². The van der Waals surface area contributed by atoms with Gasteiger partial charge in [0.05, 0.1) is 36.1 Å². The third-order valence-corrected chi connectivity index (χ3v) is 6.87. The van der Waals surface area contributed by atoms with Crippen LogP contribution in [0, 0.1) is 18.3 Å². The minimum absolute atomic E-state index is 0.0737. The number of nitriles is 1. The number of anilines is 2. The highest BCUT2D eigenvalue weighted by Gasteiger charge is 2.47. The second-order valence-corrected chi connectivity index (χ2v) is 9.82. The summed E-state index contributed by atoms with van der Waals surface area (Å²) < 4.78 is 5.32. The standard InChI is InChI=1S/C26H29BN6O/c1-14(2)18-6-5-7-19(22(18)27)15(3)29-23-20-10-21(26(13-28)8-9-26)25(32-17-11-34-12-17)33-24(20)31-16(4)30-23/h5-7,10,14-15,17H,8-9,11-12H2,1-4H3,(H2,29,30,31,32,33)/t15-/m1/s1. The summed E-state index contributed by atoms with van der Waals surface area (Å²) in [7, 11) is 6.53. The first kappa shape index (κ1) is 22.6. The Morgan fingerprint density at radius 1 is 1.12 bits per heavy atom. The average molecular weight is 452 g/mol. The third-order valence-electron chi connectivity index (χ3n) is 6.87. The van der Waals surface area contributed by atoms with Gasteiger partial charge >= 0.3 is 0 Å². The van der Waals surface area contributed by atoms with E-state index in [9.17, 15) is 5.26 Å². The molecule has 2 aromatic heterocycles. The van der Waals surface area contributed by atoms with Crippen molar-refractivity contribution in [1.82, 2.24) is 15.0 Å². The number of hydrogen-bond acceptors (Lipinski definition) is 7. The number of aryl methyl sites for hydroxylation is 1. The molecular weight excluding hydrogens is 423 g/mol. The maximum absolute atomic E-state index is 9.93. The first-order valence-electron chi connectivity index (χ1n) is 11.9. The molecule has 1 saturated heterocycles. The SMILES string of the molecule is [B]c1c(C(C)C)cccc1[C@@H](C)Nc1nc(C)nc2nc(NC3COC3)c(C3(C#N)CC3)cc12. The molecule has 2 fully saturated rings. The van der Waals surface area contributed by atoms with E-state index in [1.54, 1.807) is 0 Å². The Labute approximate surface area is 201 Å². The Bertz CT molecular complexity index is 1290. The van der Waals surface area contributed by atoms with Crippen LogP contribution >= 0.6 is 0 Å². The summed E-state index contributed by atoms with van der Waals surface area (Å²) >= 11 is 0. The zero-order chi connectivity index (χ0) is 24.0. The first-order chi connectivity index (χ1) is 16.3. The predicted molar refractivity (Wildman–Crippen MR) is 135 cm³/mol. The number of benzene rings is 1. The van der Waals surface area contributed by atoms with Crippen LogP contribution in [0.1, 0.15) is 68.1 Å². The molecule has 8 heteroatoms. The first-order valence-corrected chi connectivity index (χ1v) is 11.9. The molecule has 0 amide bonds. The van der Waals surface area contributed by atoms with Gasteiger partial charge in [0.25, 0.3) is 0 Å². The molecule has 1 saturated carbocycles. The number of rotatable bonds is 7. The van der Waals surface area contributed by atoms with Crippen LogP contribution in [0.2, 0.25) is 0 Å². The molecule has 2 aliphatic rings. The van der Waals surface area contributed by atoms with Crippen molar-refractivity contribution in [1.29, 1.82) is 5.26 Å². The minimum atomic E-state index is -0.502. The Kier molecular flexibility index (Phi) is 5.69. The Hall–Kier alpha value is -3.18. The van der Waals surface area contributed by atoms with Crippen LogP contribution < -0.4 is 16.1 Å². The van der Waals surface area contributed by atoms with Crippen molar-refractivity contribution in [2.75, 3.05) is 23.8 Å². The van der Waals surface area contributed by atoms with Gasteiger partial charge in [-0.05, 0) is 44.2 Å². The molecule has 1 atom stereocenters. The number of fused-ring (bicyclic) bond motifs is 1. The van der Waals surface area contributed by atoms with Crippen LogP contribution in [0.15, 0.2) is 24.3 Å². The molecule has 0 bridgehead atoms. The van der Waals surface area contributed by atoms with E-state index >= 15 is 0 Å². The Morgan fingerprint density at radius 3 is 2.47 bits per heavy atom. The molecule has 5 rings (SSSR count). The van der Waals surface area contributed by atoms with E-state index in [1.807, 2.05) is 19.1 Å². The smallest absolute Gasteiger partial charge is 0.167 e. The summed E-state index contributed by atoms with van der Waals surface area (Å²) in [6.45, 7) is 9.52. The number of nitrogens with zero attached hydrogens (tertiary/aromatic N) is 4. The fourth-order valence-corrected chi connectivity index (χ4v) is 4.59. The van der Waals surface area contributed by atoms with Gasteiger partial charge in [0.15, 0.2) is 5.65 Å². The monoisotopic (exact) mass is 452 g/mol. The van der Waals surface area contributed by atoms with E-state index in [0.29, 0.717) is 36.4 Å². The van der Waals surface area contributed by atoms with E-state index in [0.717, 1.165) is 46.2 Å². The lowest BCUT2D eigenvalue weighted by Gasteiger charge is -2.29. The molecule has 1 aromatic carbocycles. The van der Waals surface area contributed by atoms with Crippen molar-refractivity contribution in [2.24, 2.45) is 0 Å². The van der Waals surface area contributed by atoms with Gasteiger partial charge in [-0.25, -0.2) is 15.0 Å². The molecular formula is C26H29BN6O. The zero-order valence-corrected chi connectivity index (χ0v) is 20.1. The molecule has 2 radical (unpaired) electrons. The molecule has 0 unspecified atom stereocenters. The molecule has 7 nitrogen and oxygen atoms in total. The van der Waals surface area contributed by atoms with E-state index in [4.69, 9.17) is 22.6 Å². The summed E-state index contributed by atoms with van der Waals surface area (Å²) in [6.07, 6.45) is 1.66. The number of ether oxygens (including phenoxy) is 1. The van der Waals surface area contributed by atoms with Gasteiger partial charge in [-0.3, -0.25) is 0 Å². The van der Waals surface area contributed by atoms with Gasteiger partial charge in [0.1, 0.15) is 25.3 Å². The van der Waals surface area contributed by atoms with Crippen LogP contribution in [0.4, 0.5) is 11.6 Å². The van der Waals surface area contributed by atoms with Gasteiger partial charge < -0.3 is 15.4 Å². The minimum Gasteiger partial charge on any atom is -0.377 e. The molecule has 3 aromatic rings. The van der Waals surface area contributed by atoms with Crippen molar-refractivity contribution in [3.63, 3.8) is 0 Å². The van der Waals surface area contributed by atoms with Crippen molar-refractivity contribution in [3.8, 4) is 6.07 Å². The van der Waals surface area contributed by atoms with Gasteiger partial charge in [0.2, 0.25) is 0 Å². The molecule has 34 heavy (non-hydrogen) atoms. The van der Waals surface area contributed by atoms with E-state index < -0.39 is 5.41 Å². The number of hydrogen-bond donors (Lipinski definition) is 2. The Morgan fingerprint density at radius 2 is 1.85 bits per heavy atom. The van der Waals surface area contributed by atoms with Crippen molar-refractivity contribution >= 4 is 36.0 Å². The van der Waals surface area contributed by atoms with Crippen LogP contribution in [0.5, 0.6) is 0 Å². The van der Waals surface area contributed by atoms with Gasteiger partial charge in [0, 0.05) is 11.6 Å². The van der Waals surface area contributed by atoms with E-state index in [1.165, 1.54) is 0 Å². The molecule has 172 valence electrons. The second kappa shape index (κ2) is 8.55. The number of pyridine rings is 1. The van der Waals surface area contributed by atoms with Gasteiger partial charge in [-0.1, -0.05) is 43.1 Å². The molecule has 2 N–H and O–H groups in total. The third kappa shape index (κ3) is 3.99. The second-order valence-electron chi connectivity index (χ2n) is 9.82. The normalized spacial score (nSPS) is 17.8. The van der Waals surface area contributed by atoms with Crippen LogP contribution in [-0.4, -0.2) is 42.1 Å². The summed E-state index contributed by atoms with van der Waals surface area (Å²) in [5.74, 6) is 2.40. The quantitative estimate of drug-likeness (QED) is 0.527. The largest absolute Gasteiger partial charge is 0.377 e. The van der Waals surface area contributed by atoms with E-state index in [-0.39, 0.29) is 12.1 Å². The fourth-order valence-electron chi connectivity index (χ4n) is 4.59. The van der Waals surface area contributed by atoms with Crippen LogP contribution in [-0.2, 0) is 10.2 Å². The topological polar surface area (TPSA) is 95.8 Å². The fraction of sp³-hybridized carbons (Fsp3) is 0.462. The highest BCUT2D eigenvalue weighted by molar-refractivity contribution is 6.34. The molecule has 1 aliphatic carbocycles. The predicted octanol–water partition coefficient (Wildman–Crippen LogP) is 3.79. The lowest BCUT2D eigenvalue weighted by molar-refractivity contribution is 0.0209. The summed E-state index contributed by atoms with van der Waals surface area (Å²) in [5.41, 5.74) is 3.99. The number of aromatic nitrogens is 3. The van der Waals surface area contributed by atoms with Crippen LogP contribution in [0.25, 0.3) is 11.0 Å². The Balaban J connectivity index is 1.57. The zero-order valence-electron chi connectivity index (χ0n) is 20.1. The summed E-state index contributed by atoms with van der Waals surface area (Å²) in [6, 6.07) is 10.9. The van der Waals surface area contributed by atoms with Crippen LogP contribution in [0.3, 0.4) is 0 Å². The lowest BCUT2D eigenvalue weighted by Crippen LogP contribution is -2.41. The maximum atomic E-state index is 9.93. The van der Waals surface area contributed by atoms with Crippen molar-refractivity contribution in [3.05, 3.63) is 46.8 Å². The van der Waals surface area contributed by atoms with Crippen molar-refractivity contribution in [2.45, 2.75) is 64.0 Å². The lowest BCUT2D eigenvalue weighted by atomic mass is 9.80. The number of nitrogens with one attached hydrogen (secondary N) is 2. The molecule has 1 aliphatic heterocycles. The maximum Gasteiger partial charge on any atom is 0.167 e. The van der Waals surface area contributed by atoms with Gasteiger partial charge in [-0.15, -0.1) is 0 Å². The highest BCUT2D eigenvalue weighted by Crippen LogP contribution is 2.50.